The number of carbonyl (C=O) groups excluding carboxylic acids is 2. The largest absolute Gasteiger partial charge is 0.496 e. The summed E-state index contributed by atoms with van der Waals surface area (Å²) in [5.74, 6) is 0.402. The van der Waals surface area contributed by atoms with Gasteiger partial charge in [0.2, 0.25) is 0 Å². The Kier molecular flexibility index (Phi) is 4.63. The van der Waals surface area contributed by atoms with Gasteiger partial charge in [-0.05, 0) is 36.2 Å². The maximum absolute atomic E-state index is 12.9. The van der Waals surface area contributed by atoms with Crippen molar-refractivity contribution in [3.63, 3.8) is 0 Å². The Bertz CT molecular complexity index is 886. The lowest BCUT2D eigenvalue weighted by molar-refractivity contribution is -0.131. The van der Waals surface area contributed by atoms with Gasteiger partial charge in [0.25, 0.3) is 5.91 Å². The van der Waals surface area contributed by atoms with Crippen LogP contribution < -0.4 is 10.1 Å². The van der Waals surface area contributed by atoms with Gasteiger partial charge in [0.05, 0.1) is 25.3 Å². The van der Waals surface area contributed by atoms with Crippen LogP contribution in [0, 0.1) is 11.3 Å². The van der Waals surface area contributed by atoms with Crippen LogP contribution in [0.5, 0.6) is 5.75 Å². The van der Waals surface area contributed by atoms with Crippen LogP contribution in [-0.4, -0.2) is 29.5 Å². The normalized spacial score (nSPS) is 19.2. The summed E-state index contributed by atoms with van der Waals surface area (Å²) in [4.78, 5) is 26.5. The van der Waals surface area contributed by atoms with Crippen LogP contribution in [0.15, 0.2) is 48.5 Å². The molecule has 1 N–H and O–H groups in total. The van der Waals surface area contributed by atoms with E-state index in [2.05, 4.69) is 5.32 Å². The van der Waals surface area contributed by atoms with Crippen molar-refractivity contribution in [1.82, 2.24) is 10.2 Å². The first-order valence-electron chi connectivity index (χ1n) is 8.22. The zero-order valence-corrected chi connectivity index (χ0v) is 14.7. The number of carbonyl (C=O) groups is 2. The summed E-state index contributed by atoms with van der Waals surface area (Å²) in [5, 5.41) is 11.7. The average molecular weight is 349 g/mol. The maximum atomic E-state index is 12.9. The average Bonchev–Trinajstić information content (AvgIpc) is 2.86. The van der Waals surface area contributed by atoms with E-state index in [1.54, 1.807) is 38.3 Å². The third kappa shape index (κ3) is 3.24. The third-order valence-corrected chi connectivity index (χ3v) is 4.51. The second-order valence-electron chi connectivity index (χ2n) is 6.45. The minimum Gasteiger partial charge on any atom is -0.496 e. The zero-order valence-electron chi connectivity index (χ0n) is 14.7. The number of hydrogen-bond acceptors (Lipinski definition) is 4. The van der Waals surface area contributed by atoms with Gasteiger partial charge in [-0.15, -0.1) is 0 Å². The van der Waals surface area contributed by atoms with Gasteiger partial charge in [-0.3, -0.25) is 9.69 Å². The second kappa shape index (κ2) is 6.89. The molecule has 6 heteroatoms. The van der Waals surface area contributed by atoms with E-state index in [0.29, 0.717) is 17.7 Å². The van der Waals surface area contributed by atoms with Crippen molar-refractivity contribution in [3.8, 4) is 11.8 Å². The molecule has 1 aliphatic heterocycles. The van der Waals surface area contributed by atoms with E-state index in [-0.39, 0.29) is 12.5 Å². The number of urea groups is 1. The molecule has 0 bridgehead atoms. The zero-order chi connectivity index (χ0) is 18.7. The Morgan fingerprint density at radius 2 is 1.85 bits per heavy atom. The van der Waals surface area contributed by atoms with Gasteiger partial charge in [-0.2, -0.15) is 5.26 Å². The van der Waals surface area contributed by atoms with Crippen molar-refractivity contribution in [2.24, 2.45) is 0 Å². The lowest BCUT2D eigenvalue weighted by Gasteiger charge is -2.23. The van der Waals surface area contributed by atoms with Crippen LogP contribution in [0.4, 0.5) is 4.79 Å². The number of para-hydroxylation sites is 1. The molecule has 2 aromatic rings. The predicted octanol–water partition coefficient (Wildman–Crippen LogP) is 2.62. The summed E-state index contributed by atoms with van der Waals surface area (Å²) in [6.45, 7) is 1.89. The van der Waals surface area contributed by atoms with Crippen molar-refractivity contribution in [1.29, 1.82) is 5.26 Å². The Morgan fingerprint density at radius 3 is 2.50 bits per heavy atom. The van der Waals surface area contributed by atoms with E-state index in [0.717, 1.165) is 11.1 Å². The van der Waals surface area contributed by atoms with Crippen LogP contribution in [0.1, 0.15) is 23.6 Å². The molecular formula is C20H19N3O3. The van der Waals surface area contributed by atoms with Crippen LogP contribution in [0.3, 0.4) is 0 Å². The molecule has 0 aliphatic carbocycles. The molecule has 0 aromatic heterocycles. The molecule has 0 radical (unpaired) electrons. The molecule has 1 fully saturated rings. The molecule has 1 saturated heterocycles. The molecule has 26 heavy (non-hydrogen) atoms. The first-order valence-corrected chi connectivity index (χ1v) is 8.22. The number of nitrogens with zero attached hydrogens (tertiary/aromatic N) is 2. The Hall–Kier alpha value is -3.33. The molecule has 0 unspecified atom stereocenters. The standard InChI is InChI=1S/C20H19N3O3/c1-20(11-16-5-3-4-6-17(16)26-2)18(24)23(19(25)22-20)13-15-9-7-14(12-21)8-10-15/h3-10H,11,13H2,1-2H3,(H,22,25)/t20-/m1/s1. The highest BCUT2D eigenvalue weighted by atomic mass is 16.5. The van der Waals surface area contributed by atoms with E-state index in [1.165, 1.54) is 4.90 Å². The van der Waals surface area contributed by atoms with Crippen molar-refractivity contribution >= 4 is 11.9 Å². The summed E-state index contributed by atoms with van der Waals surface area (Å²) < 4.78 is 5.34. The molecule has 3 rings (SSSR count). The number of amides is 3. The number of rotatable bonds is 5. The minimum atomic E-state index is -1.03. The minimum absolute atomic E-state index is 0.165. The highest BCUT2D eigenvalue weighted by Crippen LogP contribution is 2.28. The fraction of sp³-hybridized carbons (Fsp3) is 0.250. The first kappa shape index (κ1) is 17.5. The number of ether oxygens (including phenoxy) is 1. The number of hydrogen-bond donors (Lipinski definition) is 1. The monoisotopic (exact) mass is 349 g/mol. The Balaban J connectivity index is 1.80. The molecule has 1 aliphatic rings. The van der Waals surface area contributed by atoms with Crippen LogP contribution >= 0.6 is 0 Å². The van der Waals surface area contributed by atoms with Gasteiger partial charge in [0, 0.05) is 6.42 Å². The molecule has 0 spiro atoms. The number of nitrogens with one attached hydrogen (secondary N) is 1. The predicted molar refractivity (Wildman–Crippen MR) is 95.3 cm³/mol. The molecule has 2 aromatic carbocycles. The van der Waals surface area contributed by atoms with Gasteiger partial charge in [-0.1, -0.05) is 30.3 Å². The van der Waals surface area contributed by atoms with Gasteiger partial charge in [0.15, 0.2) is 0 Å². The first-order chi connectivity index (χ1) is 12.5. The fourth-order valence-corrected chi connectivity index (χ4v) is 3.11. The lowest BCUT2D eigenvalue weighted by atomic mass is 9.92. The number of benzene rings is 2. The fourth-order valence-electron chi connectivity index (χ4n) is 3.11. The second-order valence-corrected chi connectivity index (χ2v) is 6.45. The molecule has 1 heterocycles. The van der Waals surface area contributed by atoms with Crippen LogP contribution in [-0.2, 0) is 17.8 Å². The highest BCUT2D eigenvalue weighted by molar-refractivity contribution is 6.06. The van der Waals surface area contributed by atoms with Crippen molar-refractivity contribution < 1.29 is 14.3 Å². The molecule has 3 amide bonds. The van der Waals surface area contributed by atoms with E-state index >= 15 is 0 Å². The van der Waals surface area contributed by atoms with Crippen LogP contribution in [0.2, 0.25) is 0 Å². The summed E-state index contributed by atoms with van der Waals surface area (Å²) in [7, 11) is 1.58. The van der Waals surface area contributed by atoms with Crippen molar-refractivity contribution in [3.05, 3.63) is 65.2 Å². The topological polar surface area (TPSA) is 82.4 Å². The van der Waals surface area contributed by atoms with Gasteiger partial charge in [-0.25, -0.2) is 4.79 Å². The molecule has 6 nitrogen and oxygen atoms in total. The van der Waals surface area contributed by atoms with Crippen LogP contribution in [0.25, 0.3) is 0 Å². The quantitative estimate of drug-likeness (QED) is 0.841. The Labute approximate surface area is 152 Å². The smallest absolute Gasteiger partial charge is 0.325 e. The molecule has 1 atom stereocenters. The molecular weight excluding hydrogens is 330 g/mol. The molecule has 0 saturated carbocycles. The summed E-state index contributed by atoms with van der Waals surface area (Å²) in [6.07, 6.45) is 0.339. The van der Waals surface area contributed by atoms with E-state index in [1.807, 2.05) is 30.3 Å². The van der Waals surface area contributed by atoms with E-state index < -0.39 is 11.6 Å². The van der Waals surface area contributed by atoms with Crippen molar-refractivity contribution in [2.45, 2.75) is 25.4 Å². The van der Waals surface area contributed by atoms with Gasteiger partial charge < -0.3 is 10.1 Å². The SMILES string of the molecule is COc1ccccc1C[C@@]1(C)NC(=O)N(Cc2ccc(C#N)cc2)C1=O. The van der Waals surface area contributed by atoms with Gasteiger partial charge >= 0.3 is 6.03 Å². The highest BCUT2D eigenvalue weighted by Gasteiger charge is 2.47. The van der Waals surface area contributed by atoms with Crippen molar-refractivity contribution in [2.75, 3.05) is 7.11 Å². The summed E-state index contributed by atoms with van der Waals surface area (Å²) >= 11 is 0. The number of methoxy groups -OCH3 is 1. The summed E-state index contributed by atoms with van der Waals surface area (Å²) in [6, 6.07) is 15.9. The van der Waals surface area contributed by atoms with E-state index in [4.69, 9.17) is 10.00 Å². The van der Waals surface area contributed by atoms with Gasteiger partial charge in [0.1, 0.15) is 11.3 Å². The molecule has 132 valence electrons. The summed E-state index contributed by atoms with van der Waals surface area (Å²) in [5.41, 5.74) is 1.14. The number of imide groups is 1. The van der Waals surface area contributed by atoms with E-state index in [9.17, 15) is 9.59 Å². The maximum Gasteiger partial charge on any atom is 0.325 e. The third-order valence-electron chi connectivity index (χ3n) is 4.51. The number of nitriles is 1. The lowest BCUT2D eigenvalue weighted by Crippen LogP contribution is -2.46. The Morgan fingerprint density at radius 1 is 1.15 bits per heavy atom.